The van der Waals surface area contributed by atoms with Gasteiger partial charge in [-0.25, -0.2) is 4.39 Å². The zero-order chi connectivity index (χ0) is 16.9. The van der Waals surface area contributed by atoms with Crippen LogP contribution in [0.15, 0.2) is 42.5 Å². The molecule has 2 aromatic rings. The maximum Gasteiger partial charge on any atom is 0.124 e. The highest BCUT2D eigenvalue weighted by molar-refractivity contribution is 6.31. The largest absolute Gasteiger partial charge is 0.489 e. The van der Waals surface area contributed by atoms with Gasteiger partial charge in [0.2, 0.25) is 0 Å². The average Bonchev–Trinajstić information content (AvgIpc) is 2.53. The molecule has 0 spiro atoms. The summed E-state index contributed by atoms with van der Waals surface area (Å²) in [6, 6.07) is 11.9. The lowest BCUT2D eigenvalue weighted by atomic mass is 10.1. The van der Waals surface area contributed by atoms with Gasteiger partial charge >= 0.3 is 0 Å². The minimum atomic E-state index is -0.368. The summed E-state index contributed by atoms with van der Waals surface area (Å²) < 4.78 is 18.9. The molecule has 23 heavy (non-hydrogen) atoms. The lowest BCUT2D eigenvalue weighted by Crippen LogP contribution is -2.42. The molecule has 0 saturated heterocycles. The van der Waals surface area contributed by atoms with Gasteiger partial charge in [0.25, 0.3) is 0 Å². The molecule has 0 radical (unpaired) electrons. The summed E-state index contributed by atoms with van der Waals surface area (Å²) in [7, 11) is 0. The minimum absolute atomic E-state index is 0.0429. The number of aliphatic hydroxyl groups is 1. The zero-order valence-corrected chi connectivity index (χ0v) is 14.0. The second kappa shape index (κ2) is 7.77. The molecule has 0 saturated carbocycles. The van der Waals surface area contributed by atoms with Crippen LogP contribution in [0.5, 0.6) is 5.75 Å². The summed E-state index contributed by atoms with van der Waals surface area (Å²) >= 11 is 6.02. The number of para-hydroxylation sites is 1. The van der Waals surface area contributed by atoms with Crippen LogP contribution >= 0.6 is 11.6 Å². The third-order valence-electron chi connectivity index (χ3n) is 3.52. The van der Waals surface area contributed by atoms with Crippen molar-refractivity contribution < 1.29 is 14.2 Å². The lowest BCUT2D eigenvalue weighted by Gasteiger charge is -2.24. The van der Waals surface area contributed by atoms with Gasteiger partial charge in [0, 0.05) is 23.2 Å². The zero-order valence-electron chi connectivity index (χ0n) is 13.3. The monoisotopic (exact) mass is 337 g/mol. The van der Waals surface area contributed by atoms with E-state index >= 15 is 0 Å². The summed E-state index contributed by atoms with van der Waals surface area (Å²) in [5.74, 6) is 0.365. The van der Waals surface area contributed by atoms with E-state index in [2.05, 4.69) is 5.32 Å². The number of benzene rings is 2. The van der Waals surface area contributed by atoms with E-state index in [9.17, 15) is 9.50 Å². The maximum absolute atomic E-state index is 13.1. The fraction of sp³-hybridized carbons (Fsp3) is 0.333. The number of hydrogen-bond donors (Lipinski definition) is 2. The fourth-order valence-corrected chi connectivity index (χ4v) is 2.20. The van der Waals surface area contributed by atoms with Crippen LogP contribution in [0.2, 0.25) is 5.02 Å². The highest BCUT2D eigenvalue weighted by atomic mass is 35.5. The van der Waals surface area contributed by atoms with Crippen LogP contribution in [-0.2, 0) is 13.2 Å². The lowest BCUT2D eigenvalue weighted by molar-refractivity contribution is 0.186. The van der Waals surface area contributed by atoms with Gasteiger partial charge in [-0.1, -0.05) is 35.9 Å². The van der Waals surface area contributed by atoms with Gasteiger partial charge in [0.15, 0.2) is 0 Å². The van der Waals surface area contributed by atoms with Crippen molar-refractivity contribution in [2.45, 2.75) is 32.5 Å². The molecule has 5 heteroatoms. The first-order chi connectivity index (χ1) is 10.9. The van der Waals surface area contributed by atoms with Gasteiger partial charge in [-0.15, -0.1) is 0 Å². The highest BCUT2D eigenvalue weighted by Gasteiger charge is 2.16. The van der Waals surface area contributed by atoms with E-state index in [1.54, 1.807) is 6.07 Å². The number of hydrogen-bond acceptors (Lipinski definition) is 3. The maximum atomic E-state index is 13.1. The van der Waals surface area contributed by atoms with Crippen LogP contribution in [0, 0.1) is 5.82 Å². The Morgan fingerprint density at radius 3 is 2.61 bits per heavy atom. The topological polar surface area (TPSA) is 41.5 Å². The van der Waals surface area contributed by atoms with Crippen LogP contribution in [-0.4, -0.2) is 17.3 Å². The molecule has 0 aromatic heterocycles. The Morgan fingerprint density at radius 1 is 1.17 bits per heavy atom. The first kappa shape index (κ1) is 17.7. The van der Waals surface area contributed by atoms with Crippen molar-refractivity contribution in [3.8, 4) is 5.75 Å². The molecule has 0 unspecified atom stereocenters. The van der Waals surface area contributed by atoms with Gasteiger partial charge in [0.05, 0.1) is 11.6 Å². The fourth-order valence-electron chi connectivity index (χ4n) is 1.98. The van der Waals surface area contributed by atoms with Gasteiger partial charge in [-0.3, -0.25) is 0 Å². The van der Waals surface area contributed by atoms with Crippen LogP contribution < -0.4 is 10.1 Å². The number of rotatable bonds is 7. The summed E-state index contributed by atoms with van der Waals surface area (Å²) in [6.07, 6.45) is 0. The van der Waals surface area contributed by atoms with Crippen molar-refractivity contribution >= 4 is 11.6 Å². The second-order valence-electron chi connectivity index (χ2n) is 6.03. The van der Waals surface area contributed by atoms with E-state index < -0.39 is 0 Å². The third kappa shape index (κ3) is 5.20. The van der Waals surface area contributed by atoms with Gasteiger partial charge < -0.3 is 15.2 Å². The predicted octanol–water partition coefficient (Wildman–Crippen LogP) is 3.92. The Bertz CT molecular complexity index is 661. The molecule has 2 aromatic carbocycles. The Hall–Kier alpha value is -1.62. The molecule has 0 aliphatic heterocycles. The van der Waals surface area contributed by atoms with Crippen molar-refractivity contribution in [3.63, 3.8) is 0 Å². The highest BCUT2D eigenvalue weighted by Crippen LogP contribution is 2.23. The molecule has 0 amide bonds. The molecule has 2 rings (SSSR count). The van der Waals surface area contributed by atoms with Crippen molar-refractivity contribution in [1.82, 2.24) is 5.32 Å². The quantitative estimate of drug-likeness (QED) is 0.804. The average molecular weight is 338 g/mol. The van der Waals surface area contributed by atoms with Crippen molar-refractivity contribution in [2.75, 3.05) is 6.61 Å². The van der Waals surface area contributed by atoms with Crippen LogP contribution in [0.4, 0.5) is 4.39 Å². The number of ether oxygens (including phenoxy) is 1. The molecule has 0 fully saturated rings. The van der Waals surface area contributed by atoms with Crippen molar-refractivity contribution in [2.24, 2.45) is 0 Å². The van der Waals surface area contributed by atoms with E-state index in [0.29, 0.717) is 11.6 Å². The number of aliphatic hydroxyl groups excluding tert-OH is 1. The molecule has 124 valence electrons. The SMILES string of the molecule is CC(C)(CO)NCc1ccccc1OCc1ccc(F)cc1Cl. The molecule has 0 aliphatic carbocycles. The molecular formula is C18H21ClFNO2. The normalized spacial score (nSPS) is 11.5. The summed E-state index contributed by atoms with van der Waals surface area (Å²) in [6.45, 7) is 4.73. The molecule has 0 heterocycles. The van der Waals surface area contributed by atoms with Crippen LogP contribution in [0.1, 0.15) is 25.0 Å². The first-order valence-corrected chi connectivity index (χ1v) is 7.79. The van der Waals surface area contributed by atoms with E-state index in [-0.39, 0.29) is 24.6 Å². The van der Waals surface area contributed by atoms with E-state index in [0.717, 1.165) is 16.9 Å². The molecule has 0 bridgehead atoms. The Balaban J connectivity index is 2.05. The second-order valence-corrected chi connectivity index (χ2v) is 6.43. The van der Waals surface area contributed by atoms with Crippen LogP contribution in [0.3, 0.4) is 0 Å². The molecule has 0 aliphatic rings. The third-order valence-corrected chi connectivity index (χ3v) is 3.88. The summed E-state index contributed by atoms with van der Waals surface area (Å²) in [5, 5.41) is 12.9. The molecule has 0 atom stereocenters. The van der Waals surface area contributed by atoms with E-state index in [1.807, 2.05) is 38.1 Å². The van der Waals surface area contributed by atoms with E-state index in [1.165, 1.54) is 12.1 Å². The van der Waals surface area contributed by atoms with Gasteiger partial charge in [-0.05, 0) is 32.0 Å². The Kier molecular flexibility index (Phi) is 5.99. The molecule has 2 N–H and O–H groups in total. The predicted molar refractivity (Wildman–Crippen MR) is 90.2 cm³/mol. The van der Waals surface area contributed by atoms with Crippen molar-refractivity contribution in [3.05, 3.63) is 64.4 Å². The van der Waals surface area contributed by atoms with Crippen molar-refractivity contribution in [1.29, 1.82) is 0 Å². The van der Waals surface area contributed by atoms with Gasteiger partial charge in [-0.2, -0.15) is 0 Å². The number of nitrogens with one attached hydrogen (secondary N) is 1. The smallest absolute Gasteiger partial charge is 0.124 e. The summed E-state index contributed by atoms with van der Waals surface area (Å²) in [5.41, 5.74) is 1.34. The standard InChI is InChI=1S/C18H21ClFNO2/c1-18(2,12-22)21-10-13-5-3-4-6-17(13)23-11-14-7-8-15(20)9-16(14)19/h3-9,21-22H,10-12H2,1-2H3. The van der Waals surface area contributed by atoms with E-state index in [4.69, 9.17) is 16.3 Å². The molecular weight excluding hydrogens is 317 g/mol. The van der Waals surface area contributed by atoms with Gasteiger partial charge in [0.1, 0.15) is 18.2 Å². The first-order valence-electron chi connectivity index (χ1n) is 7.42. The Morgan fingerprint density at radius 2 is 1.91 bits per heavy atom. The summed E-state index contributed by atoms with van der Waals surface area (Å²) in [4.78, 5) is 0. The molecule has 3 nitrogen and oxygen atoms in total. The van der Waals surface area contributed by atoms with Crippen LogP contribution in [0.25, 0.3) is 0 Å². The number of halogens is 2. The minimum Gasteiger partial charge on any atom is -0.489 e. The Labute approximate surface area is 141 Å².